The fraction of sp³-hybridized carbons (Fsp3) is 0.615. The van der Waals surface area contributed by atoms with Crippen LogP contribution < -0.4 is 0 Å². The summed E-state index contributed by atoms with van der Waals surface area (Å²) in [4.78, 5) is 6.17. The third-order valence-electron chi connectivity index (χ3n) is 2.96. The number of thioether (sulfide) groups is 1. The zero-order valence-corrected chi connectivity index (χ0v) is 10.8. The van der Waals surface area contributed by atoms with E-state index in [2.05, 4.69) is 39.8 Å². The molecule has 82 valence electrons. The summed E-state index contributed by atoms with van der Waals surface area (Å²) in [5.74, 6) is 1.28. The van der Waals surface area contributed by atoms with Gasteiger partial charge >= 0.3 is 0 Å². The van der Waals surface area contributed by atoms with Crippen molar-refractivity contribution in [2.45, 2.75) is 50.2 Å². The van der Waals surface area contributed by atoms with Gasteiger partial charge in [0.2, 0.25) is 0 Å². The van der Waals surface area contributed by atoms with Crippen molar-refractivity contribution in [3.8, 4) is 0 Å². The molecular formula is C13H19NS. The number of hydrogen-bond donors (Lipinski definition) is 0. The summed E-state index contributed by atoms with van der Waals surface area (Å²) in [6.45, 7) is 9.01. The summed E-state index contributed by atoms with van der Waals surface area (Å²) in [6.07, 6.45) is 1.15. The van der Waals surface area contributed by atoms with Gasteiger partial charge in [0, 0.05) is 22.3 Å². The van der Waals surface area contributed by atoms with Crippen molar-refractivity contribution in [1.82, 2.24) is 4.98 Å². The Balaban J connectivity index is 2.24. The summed E-state index contributed by atoms with van der Waals surface area (Å²) in [7, 11) is 0. The molecule has 1 aliphatic heterocycles. The maximum Gasteiger partial charge on any atom is 0.0554 e. The van der Waals surface area contributed by atoms with Crippen molar-refractivity contribution < 1.29 is 0 Å². The topological polar surface area (TPSA) is 12.9 Å². The van der Waals surface area contributed by atoms with Crippen molar-refractivity contribution >= 4 is 11.8 Å². The molecule has 1 unspecified atom stereocenters. The van der Waals surface area contributed by atoms with E-state index in [4.69, 9.17) is 4.98 Å². The SMILES string of the molecule is CC(C)c1ccc2c(n1)CC(C(C)C)S2. The monoisotopic (exact) mass is 221 g/mol. The Morgan fingerprint density at radius 3 is 2.60 bits per heavy atom. The smallest absolute Gasteiger partial charge is 0.0554 e. The Morgan fingerprint density at radius 2 is 2.00 bits per heavy atom. The largest absolute Gasteiger partial charge is 0.256 e. The Labute approximate surface area is 96.7 Å². The lowest BCUT2D eigenvalue weighted by Gasteiger charge is -2.11. The lowest BCUT2D eigenvalue weighted by atomic mass is 10.0. The molecular weight excluding hydrogens is 202 g/mol. The fourth-order valence-electron chi connectivity index (χ4n) is 1.85. The highest BCUT2D eigenvalue weighted by Gasteiger charge is 2.26. The molecule has 0 bridgehead atoms. The summed E-state index contributed by atoms with van der Waals surface area (Å²) < 4.78 is 0. The standard InChI is InChI=1S/C13H19NS/c1-8(2)10-5-6-12-11(14-10)7-13(15-12)9(3)4/h5-6,8-9,13H,7H2,1-4H3. The number of nitrogens with zero attached hydrogens (tertiary/aromatic N) is 1. The molecule has 1 nitrogen and oxygen atoms in total. The van der Waals surface area contributed by atoms with E-state index in [1.54, 1.807) is 0 Å². The molecule has 0 saturated carbocycles. The van der Waals surface area contributed by atoms with Gasteiger partial charge in [-0.1, -0.05) is 27.7 Å². The molecule has 0 aromatic carbocycles. The maximum atomic E-state index is 4.76. The van der Waals surface area contributed by atoms with Crippen molar-refractivity contribution in [1.29, 1.82) is 0 Å². The van der Waals surface area contributed by atoms with E-state index >= 15 is 0 Å². The van der Waals surface area contributed by atoms with Crippen molar-refractivity contribution in [3.63, 3.8) is 0 Å². The molecule has 15 heavy (non-hydrogen) atoms. The molecule has 1 atom stereocenters. The van der Waals surface area contributed by atoms with Crippen LogP contribution in [0.15, 0.2) is 17.0 Å². The van der Waals surface area contributed by atoms with E-state index in [0.29, 0.717) is 5.92 Å². The van der Waals surface area contributed by atoms with E-state index in [0.717, 1.165) is 17.6 Å². The predicted octanol–water partition coefficient (Wildman–Crippen LogP) is 3.88. The van der Waals surface area contributed by atoms with Gasteiger partial charge in [-0.15, -0.1) is 11.8 Å². The zero-order chi connectivity index (χ0) is 11.0. The summed E-state index contributed by atoms with van der Waals surface area (Å²) in [5.41, 5.74) is 2.56. The minimum absolute atomic E-state index is 0.540. The highest BCUT2D eigenvalue weighted by molar-refractivity contribution is 8.00. The van der Waals surface area contributed by atoms with Crippen LogP contribution in [-0.4, -0.2) is 10.2 Å². The molecule has 2 rings (SSSR count). The first-order chi connectivity index (χ1) is 7.08. The van der Waals surface area contributed by atoms with Gasteiger partial charge in [-0.2, -0.15) is 0 Å². The zero-order valence-electron chi connectivity index (χ0n) is 9.95. The Kier molecular flexibility index (Phi) is 3.06. The number of aromatic nitrogens is 1. The van der Waals surface area contributed by atoms with Gasteiger partial charge in [0.1, 0.15) is 0 Å². The van der Waals surface area contributed by atoms with Crippen LogP contribution in [0.5, 0.6) is 0 Å². The number of rotatable bonds is 2. The molecule has 1 aliphatic rings. The quantitative estimate of drug-likeness (QED) is 0.751. The summed E-state index contributed by atoms with van der Waals surface area (Å²) in [6, 6.07) is 4.43. The molecule has 1 aromatic heterocycles. The highest BCUT2D eigenvalue weighted by Crippen LogP contribution is 2.39. The summed E-state index contributed by atoms with van der Waals surface area (Å²) >= 11 is 2.00. The first-order valence-electron chi connectivity index (χ1n) is 5.74. The fourth-order valence-corrected chi connectivity index (χ4v) is 3.10. The number of pyridine rings is 1. The van der Waals surface area contributed by atoms with E-state index in [1.807, 2.05) is 11.8 Å². The van der Waals surface area contributed by atoms with Gasteiger partial charge in [0.05, 0.1) is 5.69 Å². The first-order valence-corrected chi connectivity index (χ1v) is 6.62. The predicted molar refractivity (Wildman–Crippen MR) is 66.5 cm³/mol. The molecule has 0 fully saturated rings. The number of hydrogen-bond acceptors (Lipinski definition) is 2. The maximum absolute atomic E-state index is 4.76. The molecule has 2 heterocycles. The molecule has 2 heteroatoms. The normalized spacial score (nSPS) is 20.0. The van der Waals surface area contributed by atoms with Crippen LogP contribution in [0, 0.1) is 5.92 Å². The second kappa shape index (κ2) is 4.17. The Morgan fingerprint density at radius 1 is 1.27 bits per heavy atom. The third kappa shape index (κ3) is 2.20. The lowest BCUT2D eigenvalue weighted by Crippen LogP contribution is -2.09. The van der Waals surface area contributed by atoms with Crippen LogP contribution >= 0.6 is 11.8 Å². The van der Waals surface area contributed by atoms with Crippen LogP contribution in [0.4, 0.5) is 0 Å². The van der Waals surface area contributed by atoms with Crippen molar-refractivity contribution in [2.24, 2.45) is 5.92 Å². The van der Waals surface area contributed by atoms with Crippen LogP contribution in [0.1, 0.15) is 45.0 Å². The van der Waals surface area contributed by atoms with Gasteiger partial charge in [-0.3, -0.25) is 4.98 Å². The van der Waals surface area contributed by atoms with Gasteiger partial charge in [-0.25, -0.2) is 0 Å². The molecule has 1 aromatic rings. The van der Waals surface area contributed by atoms with E-state index in [-0.39, 0.29) is 0 Å². The second-order valence-electron chi connectivity index (χ2n) is 4.94. The van der Waals surface area contributed by atoms with Gasteiger partial charge in [-0.05, 0) is 24.0 Å². The highest BCUT2D eigenvalue weighted by atomic mass is 32.2. The van der Waals surface area contributed by atoms with E-state index in [1.165, 1.54) is 16.3 Å². The van der Waals surface area contributed by atoms with Crippen LogP contribution in [0.3, 0.4) is 0 Å². The van der Waals surface area contributed by atoms with Crippen LogP contribution in [0.2, 0.25) is 0 Å². The molecule has 0 aliphatic carbocycles. The Hall–Kier alpha value is -0.500. The minimum Gasteiger partial charge on any atom is -0.256 e. The second-order valence-corrected chi connectivity index (χ2v) is 6.22. The first kappa shape index (κ1) is 11.0. The average molecular weight is 221 g/mol. The average Bonchev–Trinajstić information content (AvgIpc) is 2.59. The van der Waals surface area contributed by atoms with Gasteiger partial charge in [0.15, 0.2) is 0 Å². The van der Waals surface area contributed by atoms with Gasteiger partial charge in [0.25, 0.3) is 0 Å². The molecule has 0 radical (unpaired) electrons. The van der Waals surface area contributed by atoms with Crippen molar-refractivity contribution in [3.05, 3.63) is 23.5 Å². The summed E-state index contributed by atoms with van der Waals surface area (Å²) in [5, 5.41) is 0.731. The minimum atomic E-state index is 0.540. The van der Waals surface area contributed by atoms with Crippen LogP contribution in [-0.2, 0) is 6.42 Å². The molecule has 0 spiro atoms. The van der Waals surface area contributed by atoms with Crippen molar-refractivity contribution in [2.75, 3.05) is 0 Å². The molecule has 0 saturated heterocycles. The Bertz CT molecular complexity index is 358. The number of fused-ring (bicyclic) bond motifs is 1. The van der Waals surface area contributed by atoms with E-state index in [9.17, 15) is 0 Å². The van der Waals surface area contributed by atoms with Crippen LogP contribution in [0.25, 0.3) is 0 Å². The lowest BCUT2D eigenvalue weighted by molar-refractivity contribution is 0.605. The van der Waals surface area contributed by atoms with E-state index < -0.39 is 0 Å². The third-order valence-corrected chi connectivity index (χ3v) is 4.60. The molecule has 0 N–H and O–H groups in total. The van der Waals surface area contributed by atoms with Gasteiger partial charge < -0.3 is 0 Å². The molecule has 0 amide bonds.